The van der Waals surface area contributed by atoms with Gasteiger partial charge in [0.05, 0.1) is 0 Å². The molecule has 0 aromatic rings. The summed E-state index contributed by atoms with van der Waals surface area (Å²) in [6.07, 6.45) is 9.69. The van der Waals surface area contributed by atoms with E-state index in [0.29, 0.717) is 0 Å². The van der Waals surface area contributed by atoms with Gasteiger partial charge in [0, 0.05) is 5.88 Å². The maximum atomic E-state index is 5.70. The molecule has 0 atom stereocenters. The van der Waals surface area contributed by atoms with Gasteiger partial charge in [-0.25, -0.2) is 0 Å². The molecule has 1 saturated heterocycles. The van der Waals surface area contributed by atoms with Crippen LogP contribution in [0.4, 0.5) is 0 Å². The van der Waals surface area contributed by atoms with Crippen LogP contribution in [0.15, 0.2) is 0 Å². The van der Waals surface area contributed by atoms with E-state index in [4.69, 9.17) is 11.6 Å². The fraction of sp³-hybridized carbons (Fsp3) is 1.00. The summed E-state index contributed by atoms with van der Waals surface area (Å²) in [7, 11) is 0. The molecule has 1 aliphatic heterocycles. The first kappa shape index (κ1) is 11.3. The SMILES string of the molecule is ClCCCN1CCCCCCCC1. The molecule has 1 fully saturated rings. The molecule has 0 aromatic carbocycles. The average molecular weight is 204 g/mol. The van der Waals surface area contributed by atoms with Crippen molar-refractivity contribution in [1.29, 1.82) is 0 Å². The zero-order valence-electron chi connectivity index (χ0n) is 8.60. The maximum Gasteiger partial charge on any atom is 0.0235 e. The Morgan fingerprint density at radius 1 is 0.846 bits per heavy atom. The van der Waals surface area contributed by atoms with E-state index in [9.17, 15) is 0 Å². The Morgan fingerprint density at radius 3 is 1.92 bits per heavy atom. The normalized spacial score (nSPS) is 21.9. The van der Waals surface area contributed by atoms with E-state index in [2.05, 4.69) is 4.90 Å². The summed E-state index contributed by atoms with van der Waals surface area (Å²) in [6.45, 7) is 3.82. The van der Waals surface area contributed by atoms with Crippen LogP contribution in [-0.4, -0.2) is 30.4 Å². The zero-order chi connectivity index (χ0) is 9.36. The second-order valence-electron chi connectivity index (χ2n) is 4.01. The Balaban J connectivity index is 2.16. The average Bonchev–Trinajstić information content (AvgIpc) is 2.28. The lowest BCUT2D eigenvalue weighted by Crippen LogP contribution is -2.27. The molecule has 1 nitrogen and oxygen atoms in total. The number of nitrogens with zero attached hydrogens (tertiary/aromatic N) is 1. The van der Waals surface area contributed by atoms with Gasteiger partial charge in [0.25, 0.3) is 0 Å². The molecule has 13 heavy (non-hydrogen) atoms. The van der Waals surface area contributed by atoms with Crippen LogP contribution in [0.2, 0.25) is 0 Å². The second-order valence-corrected chi connectivity index (χ2v) is 4.38. The Labute approximate surface area is 87.4 Å². The number of alkyl halides is 1. The van der Waals surface area contributed by atoms with Gasteiger partial charge in [-0.2, -0.15) is 0 Å². The van der Waals surface area contributed by atoms with Crippen molar-refractivity contribution in [3.05, 3.63) is 0 Å². The summed E-state index contributed by atoms with van der Waals surface area (Å²) in [5, 5.41) is 0. The van der Waals surface area contributed by atoms with Gasteiger partial charge in [0.1, 0.15) is 0 Å². The Kier molecular flexibility index (Phi) is 6.65. The fourth-order valence-electron chi connectivity index (χ4n) is 2.00. The predicted molar refractivity (Wildman–Crippen MR) is 59.5 cm³/mol. The van der Waals surface area contributed by atoms with Gasteiger partial charge in [-0.15, -0.1) is 11.6 Å². The first-order chi connectivity index (χ1) is 6.43. The molecule has 0 spiro atoms. The molecular weight excluding hydrogens is 182 g/mol. The van der Waals surface area contributed by atoms with E-state index in [1.165, 1.54) is 58.2 Å². The molecule has 1 rings (SSSR count). The molecule has 0 N–H and O–H groups in total. The highest BCUT2D eigenvalue weighted by Crippen LogP contribution is 2.11. The van der Waals surface area contributed by atoms with Gasteiger partial charge >= 0.3 is 0 Å². The zero-order valence-corrected chi connectivity index (χ0v) is 9.36. The molecule has 0 aromatic heterocycles. The van der Waals surface area contributed by atoms with E-state index in [1.807, 2.05) is 0 Å². The van der Waals surface area contributed by atoms with Crippen LogP contribution in [0.25, 0.3) is 0 Å². The minimum atomic E-state index is 0.816. The van der Waals surface area contributed by atoms with Crippen molar-refractivity contribution in [1.82, 2.24) is 4.90 Å². The molecule has 0 radical (unpaired) electrons. The van der Waals surface area contributed by atoms with Crippen molar-refractivity contribution in [2.75, 3.05) is 25.5 Å². The lowest BCUT2D eigenvalue weighted by molar-refractivity contribution is 0.270. The van der Waals surface area contributed by atoms with Gasteiger partial charge in [0.2, 0.25) is 0 Å². The lowest BCUT2D eigenvalue weighted by Gasteiger charge is -2.20. The van der Waals surface area contributed by atoms with Crippen LogP contribution < -0.4 is 0 Å². The molecular formula is C11H22ClN. The number of halogens is 1. The Morgan fingerprint density at radius 2 is 1.38 bits per heavy atom. The van der Waals surface area contributed by atoms with Crippen LogP contribution in [-0.2, 0) is 0 Å². The van der Waals surface area contributed by atoms with Gasteiger partial charge < -0.3 is 4.90 Å². The molecule has 0 aliphatic carbocycles. The Hall–Kier alpha value is 0.250. The summed E-state index contributed by atoms with van der Waals surface area (Å²) in [5.41, 5.74) is 0. The van der Waals surface area contributed by atoms with E-state index in [1.54, 1.807) is 0 Å². The minimum absolute atomic E-state index is 0.816. The van der Waals surface area contributed by atoms with Crippen molar-refractivity contribution >= 4 is 11.6 Å². The van der Waals surface area contributed by atoms with Gasteiger partial charge in [0.15, 0.2) is 0 Å². The summed E-state index contributed by atoms with van der Waals surface area (Å²) in [6, 6.07) is 0. The topological polar surface area (TPSA) is 3.24 Å². The molecule has 0 unspecified atom stereocenters. The highest BCUT2D eigenvalue weighted by atomic mass is 35.5. The summed E-state index contributed by atoms with van der Waals surface area (Å²) in [4.78, 5) is 2.59. The second kappa shape index (κ2) is 7.64. The number of rotatable bonds is 3. The summed E-state index contributed by atoms with van der Waals surface area (Å²) >= 11 is 5.70. The predicted octanol–water partition coefficient (Wildman–Crippen LogP) is 3.27. The molecule has 1 heterocycles. The Bertz CT molecular complexity index is 107. The molecule has 0 amide bonds. The van der Waals surface area contributed by atoms with E-state index in [-0.39, 0.29) is 0 Å². The van der Waals surface area contributed by atoms with E-state index in [0.717, 1.165) is 12.3 Å². The van der Waals surface area contributed by atoms with Crippen molar-refractivity contribution in [2.45, 2.75) is 44.9 Å². The molecule has 78 valence electrons. The van der Waals surface area contributed by atoms with E-state index >= 15 is 0 Å². The van der Waals surface area contributed by atoms with Crippen molar-refractivity contribution in [2.24, 2.45) is 0 Å². The van der Waals surface area contributed by atoms with E-state index < -0.39 is 0 Å². The quantitative estimate of drug-likeness (QED) is 0.637. The van der Waals surface area contributed by atoms with Gasteiger partial charge in [-0.05, 0) is 38.9 Å². The van der Waals surface area contributed by atoms with Gasteiger partial charge in [-0.3, -0.25) is 0 Å². The largest absolute Gasteiger partial charge is 0.303 e. The highest BCUT2D eigenvalue weighted by molar-refractivity contribution is 6.17. The third-order valence-corrected chi connectivity index (χ3v) is 3.07. The van der Waals surface area contributed by atoms with Crippen molar-refractivity contribution < 1.29 is 0 Å². The molecule has 0 bridgehead atoms. The van der Waals surface area contributed by atoms with Crippen molar-refractivity contribution in [3.8, 4) is 0 Å². The van der Waals surface area contributed by atoms with Crippen LogP contribution in [0.5, 0.6) is 0 Å². The lowest BCUT2D eigenvalue weighted by atomic mass is 10.1. The van der Waals surface area contributed by atoms with Gasteiger partial charge in [-0.1, -0.05) is 25.7 Å². The third-order valence-electron chi connectivity index (χ3n) is 2.81. The first-order valence-corrected chi connectivity index (χ1v) is 6.25. The fourth-order valence-corrected chi connectivity index (χ4v) is 2.12. The first-order valence-electron chi connectivity index (χ1n) is 5.72. The molecule has 0 saturated carbocycles. The molecule has 2 heteroatoms. The van der Waals surface area contributed by atoms with Crippen LogP contribution >= 0.6 is 11.6 Å². The number of hydrogen-bond acceptors (Lipinski definition) is 1. The smallest absolute Gasteiger partial charge is 0.0235 e. The monoisotopic (exact) mass is 203 g/mol. The maximum absolute atomic E-state index is 5.70. The third kappa shape index (κ3) is 5.53. The summed E-state index contributed by atoms with van der Waals surface area (Å²) in [5.74, 6) is 0.816. The minimum Gasteiger partial charge on any atom is -0.303 e. The highest BCUT2D eigenvalue weighted by Gasteiger charge is 2.05. The van der Waals surface area contributed by atoms with Crippen molar-refractivity contribution in [3.63, 3.8) is 0 Å². The molecule has 1 aliphatic rings. The summed E-state index contributed by atoms with van der Waals surface area (Å²) < 4.78 is 0. The van der Waals surface area contributed by atoms with Crippen LogP contribution in [0.3, 0.4) is 0 Å². The standard InChI is InChI=1S/C11H22ClN/c12-8-7-11-13-9-5-3-1-2-4-6-10-13/h1-11H2. The van der Waals surface area contributed by atoms with Crippen LogP contribution in [0, 0.1) is 0 Å². The number of hydrogen-bond donors (Lipinski definition) is 0. The van der Waals surface area contributed by atoms with Crippen LogP contribution in [0.1, 0.15) is 44.9 Å².